The number of fused-ring (bicyclic) bond motifs is 11. The van der Waals surface area contributed by atoms with E-state index in [0.29, 0.717) is 0 Å². The SMILES string of the molecule is CC1(C)c2cc(N(c3ccc(-c4ccccc4)cc3)c3ccc(-c4ccccc4)cc3)ccc2-c2ccc(-n3c4ccccc4c4c5ccccc5c5ccccc5c43)cc21. The molecule has 0 atom stereocenters. The van der Waals surface area contributed by atoms with Crippen LogP contribution in [0.4, 0.5) is 17.1 Å². The van der Waals surface area contributed by atoms with Gasteiger partial charge in [-0.15, -0.1) is 0 Å². The zero-order valence-corrected chi connectivity index (χ0v) is 34.2. The lowest BCUT2D eigenvalue weighted by molar-refractivity contribution is 0.660. The van der Waals surface area contributed by atoms with Crippen molar-refractivity contribution in [2.24, 2.45) is 0 Å². The van der Waals surface area contributed by atoms with Crippen LogP contribution in [0.1, 0.15) is 25.0 Å². The summed E-state index contributed by atoms with van der Waals surface area (Å²) in [6.07, 6.45) is 0. The molecule has 2 heteroatoms. The van der Waals surface area contributed by atoms with E-state index < -0.39 is 0 Å². The summed E-state index contributed by atoms with van der Waals surface area (Å²) in [5.41, 5.74) is 16.9. The van der Waals surface area contributed by atoms with E-state index in [1.165, 1.54) is 93.5 Å². The highest BCUT2D eigenvalue weighted by Crippen LogP contribution is 2.52. The molecule has 0 saturated heterocycles. The van der Waals surface area contributed by atoms with Crippen LogP contribution in [0.2, 0.25) is 0 Å². The molecule has 10 aromatic carbocycles. The van der Waals surface area contributed by atoms with E-state index in [4.69, 9.17) is 0 Å². The van der Waals surface area contributed by atoms with E-state index in [9.17, 15) is 0 Å². The van der Waals surface area contributed by atoms with Gasteiger partial charge >= 0.3 is 0 Å². The minimum atomic E-state index is -0.246. The Labute approximate surface area is 356 Å². The zero-order chi connectivity index (χ0) is 40.7. The molecule has 0 fully saturated rings. The molecular weight excluding hydrogens is 737 g/mol. The van der Waals surface area contributed by atoms with Crippen molar-refractivity contribution in [1.82, 2.24) is 4.57 Å². The first-order valence-corrected chi connectivity index (χ1v) is 21.3. The van der Waals surface area contributed by atoms with Gasteiger partial charge in [-0.25, -0.2) is 0 Å². The molecule has 11 aromatic rings. The minimum absolute atomic E-state index is 0.246. The molecule has 0 radical (unpaired) electrons. The van der Waals surface area contributed by atoms with Crippen molar-refractivity contribution in [3.63, 3.8) is 0 Å². The summed E-state index contributed by atoms with van der Waals surface area (Å²) in [5, 5.41) is 7.73. The summed E-state index contributed by atoms with van der Waals surface area (Å²) in [4.78, 5) is 2.40. The van der Waals surface area contributed by atoms with Gasteiger partial charge < -0.3 is 9.47 Å². The van der Waals surface area contributed by atoms with Crippen molar-refractivity contribution in [3.05, 3.63) is 230 Å². The van der Waals surface area contributed by atoms with E-state index >= 15 is 0 Å². The van der Waals surface area contributed by atoms with Crippen LogP contribution in [0.15, 0.2) is 218 Å². The third-order valence-corrected chi connectivity index (χ3v) is 13.2. The maximum atomic E-state index is 2.52. The Morgan fingerprint density at radius 2 is 0.803 bits per heavy atom. The third-order valence-electron chi connectivity index (χ3n) is 13.2. The average Bonchev–Trinajstić information content (AvgIpc) is 3.79. The fraction of sp³-hybridized carbons (Fsp3) is 0.0508. The van der Waals surface area contributed by atoms with Gasteiger partial charge in [-0.05, 0) is 115 Å². The van der Waals surface area contributed by atoms with Crippen molar-refractivity contribution < 1.29 is 0 Å². The molecule has 0 saturated carbocycles. The van der Waals surface area contributed by atoms with Crippen LogP contribution in [-0.4, -0.2) is 4.57 Å². The van der Waals surface area contributed by atoms with E-state index in [2.05, 4.69) is 242 Å². The molecule has 2 nitrogen and oxygen atoms in total. The van der Waals surface area contributed by atoms with Crippen molar-refractivity contribution in [2.75, 3.05) is 4.90 Å². The molecule has 0 spiro atoms. The van der Waals surface area contributed by atoms with Gasteiger partial charge in [0.1, 0.15) is 0 Å². The fourth-order valence-electron chi connectivity index (χ4n) is 10.2. The van der Waals surface area contributed by atoms with Gasteiger partial charge in [0.15, 0.2) is 0 Å². The average molecular weight is 779 g/mol. The monoisotopic (exact) mass is 778 g/mol. The van der Waals surface area contributed by atoms with Gasteiger partial charge in [0, 0.05) is 44.3 Å². The number of rotatable bonds is 6. The van der Waals surface area contributed by atoms with Gasteiger partial charge in [-0.2, -0.15) is 0 Å². The van der Waals surface area contributed by atoms with Crippen LogP contribution in [0.25, 0.3) is 82.4 Å². The molecule has 0 bridgehead atoms. The highest BCUT2D eigenvalue weighted by Gasteiger charge is 2.37. The highest BCUT2D eigenvalue weighted by molar-refractivity contribution is 6.32. The first-order valence-electron chi connectivity index (χ1n) is 21.3. The standard InChI is InChI=1S/C59H42N2/c1-59(2)54-37-45(60(43-29-25-41(26-30-43)39-15-5-3-6-16-39)44-31-27-42(28-32-44)40-17-7-4-8-18-40)33-35-49(54)50-36-34-46(38-55(50)59)61-56-24-14-13-23-53(56)57-51-21-11-9-19-47(51)48-20-10-12-22-52(48)58(57)61/h3-38H,1-2H3. The number of hydrogen-bond donors (Lipinski definition) is 0. The van der Waals surface area contributed by atoms with Crippen LogP contribution in [-0.2, 0) is 5.41 Å². The lowest BCUT2D eigenvalue weighted by atomic mass is 9.82. The topological polar surface area (TPSA) is 8.17 Å². The van der Waals surface area contributed by atoms with Crippen LogP contribution < -0.4 is 4.90 Å². The lowest BCUT2D eigenvalue weighted by Crippen LogP contribution is -2.17. The maximum Gasteiger partial charge on any atom is 0.0625 e. The Morgan fingerprint density at radius 1 is 0.361 bits per heavy atom. The van der Waals surface area contributed by atoms with Crippen LogP contribution >= 0.6 is 0 Å². The molecule has 1 heterocycles. The van der Waals surface area contributed by atoms with Gasteiger partial charge in [0.25, 0.3) is 0 Å². The Hall–Kier alpha value is -7.68. The summed E-state index contributed by atoms with van der Waals surface area (Å²) in [6.45, 7) is 4.79. The number of nitrogens with zero attached hydrogens (tertiary/aromatic N) is 2. The van der Waals surface area contributed by atoms with Gasteiger partial charge in [-0.3, -0.25) is 0 Å². The lowest BCUT2D eigenvalue weighted by Gasteiger charge is -2.28. The number of aromatic nitrogens is 1. The van der Waals surface area contributed by atoms with Gasteiger partial charge in [0.05, 0.1) is 11.0 Å². The van der Waals surface area contributed by atoms with Crippen LogP contribution in [0.3, 0.4) is 0 Å². The van der Waals surface area contributed by atoms with Crippen LogP contribution in [0, 0.1) is 0 Å². The predicted octanol–water partition coefficient (Wildman–Crippen LogP) is 16.2. The maximum absolute atomic E-state index is 2.52. The second-order valence-corrected chi connectivity index (χ2v) is 16.9. The summed E-state index contributed by atoms with van der Waals surface area (Å²) >= 11 is 0. The second kappa shape index (κ2) is 13.7. The number of para-hydroxylation sites is 1. The summed E-state index contributed by atoms with van der Waals surface area (Å²) in [6, 6.07) is 80.2. The Morgan fingerprint density at radius 3 is 1.41 bits per heavy atom. The predicted molar refractivity (Wildman–Crippen MR) is 259 cm³/mol. The number of benzene rings is 10. The molecule has 1 aromatic heterocycles. The van der Waals surface area contributed by atoms with Crippen LogP contribution in [0.5, 0.6) is 0 Å². The Kier molecular flexibility index (Phi) is 7.92. The molecule has 0 amide bonds. The van der Waals surface area contributed by atoms with Crippen molar-refractivity contribution in [2.45, 2.75) is 19.3 Å². The fourth-order valence-corrected chi connectivity index (χ4v) is 10.2. The molecule has 1 aliphatic rings. The summed E-state index contributed by atoms with van der Waals surface area (Å²) < 4.78 is 2.52. The number of hydrogen-bond acceptors (Lipinski definition) is 1. The van der Waals surface area contributed by atoms with E-state index in [1.807, 2.05) is 0 Å². The normalized spacial score (nSPS) is 12.9. The molecule has 0 aliphatic heterocycles. The molecule has 61 heavy (non-hydrogen) atoms. The van der Waals surface area contributed by atoms with E-state index in [-0.39, 0.29) is 5.41 Å². The second-order valence-electron chi connectivity index (χ2n) is 16.9. The molecular formula is C59H42N2. The third kappa shape index (κ3) is 5.49. The van der Waals surface area contributed by atoms with Crippen molar-refractivity contribution in [1.29, 1.82) is 0 Å². The molecule has 288 valence electrons. The molecule has 12 rings (SSSR count). The largest absolute Gasteiger partial charge is 0.310 e. The Balaban J connectivity index is 0.999. The first-order chi connectivity index (χ1) is 30.0. The highest BCUT2D eigenvalue weighted by atomic mass is 15.1. The summed E-state index contributed by atoms with van der Waals surface area (Å²) in [7, 11) is 0. The van der Waals surface area contributed by atoms with Gasteiger partial charge in [-0.1, -0.05) is 178 Å². The van der Waals surface area contributed by atoms with Gasteiger partial charge in [0.2, 0.25) is 0 Å². The minimum Gasteiger partial charge on any atom is -0.310 e. The van der Waals surface area contributed by atoms with Crippen molar-refractivity contribution >= 4 is 60.4 Å². The quantitative estimate of drug-likeness (QED) is 0.153. The number of anilines is 3. The molecule has 1 aliphatic carbocycles. The molecule has 0 N–H and O–H groups in total. The van der Waals surface area contributed by atoms with E-state index in [0.717, 1.165) is 17.1 Å². The zero-order valence-electron chi connectivity index (χ0n) is 34.2. The summed E-state index contributed by atoms with van der Waals surface area (Å²) in [5.74, 6) is 0. The van der Waals surface area contributed by atoms with Crippen molar-refractivity contribution in [3.8, 4) is 39.1 Å². The Bertz CT molecular complexity index is 3380. The smallest absolute Gasteiger partial charge is 0.0625 e. The van der Waals surface area contributed by atoms with E-state index in [1.54, 1.807) is 0 Å². The first kappa shape index (κ1) is 35.3. The molecule has 0 unspecified atom stereocenters.